The van der Waals surface area contributed by atoms with Gasteiger partial charge in [0.2, 0.25) is 5.88 Å². The van der Waals surface area contributed by atoms with Crippen molar-refractivity contribution in [3.63, 3.8) is 0 Å². The number of rotatable bonds is 14. The predicted molar refractivity (Wildman–Crippen MR) is 147 cm³/mol. The Bertz CT molecular complexity index is 1100. The van der Waals surface area contributed by atoms with E-state index >= 15 is 0 Å². The number of carbonyl (C=O) groups is 2. The number of methoxy groups -OCH3 is 1. The van der Waals surface area contributed by atoms with Crippen LogP contribution in [0.1, 0.15) is 63.3 Å². The lowest BCUT2D eigenvalue weighted by atomic mass is 9.92. The second-order valence-electron chi connectivity index (χ2n) is 10.6. The van der Waals surface area contributed by atoms with Crippen LogP contribution in [0.3, 0.4) is 0 Å². The molecule has 2 aromatic rings. The van der Waals surface area contributed by atoms with E-state index in [1.54, 1.807) is 12.3 Å². The van der Waals surface area contributed by atoms with Gasteiger partial charge in [-0.3, -0.25) is 4.79 Å². The Morgan fingerprint density at radius 1 is 1.12 bits per heavy atom. The monoisotopic (exact) mass is 558 g/mol. The van der Waals surface area contributed by atoms with Gasteiger partial charge in [0.05, 0.1) is 32.6 Å². The zero-order valence-corrected chi connectivity index (χ0v) is 24.0. The molecule has 0 aliphatic carbocycles. The van der Waals surface area contributed by atoms with E-state index < -0.39 is 5.92 Å². The zero-order valence-electron chi connectivity index (χ0n) is 24.0. The highest BCUT2D eigenvalue weighted by Crippen LogP contribution is 2.36. The minimum absolute atomic E-state index is 0.145. The van der Waals surface area contributed by atoms with Crippen molar-refractivity contribution in [3.8, 4) is 5.88 Å². The van der Waals surface area contributed by atoms with Crippen molar-refractivity contribution < 1.29 is 33.1 Å². The van der Waals surface area contributed by atoms with Gasteiger partial charge in [-0.05, 0) is 32.3 Å². The molecule has 2 saturated heterocycles. The number of ether oxygens (including phenoxy) is 4. The molecule has 40 heavy (non-hydrogen) atoms. The lowest BCUT2D eigenvalue weighted by Crippen LogP contribution is -2.55. The highest BCUT2D eigenvalue weighted by molar-refractivity contribution is 5.77. The average molecular weight is 559 g/mol. The predicted octanol–water partition coefficient (Wildman–Crippen LogP) is 4.35. The van der Waals surface area contributed by atoms with Gasteiger partial charge in [0.1, 0.15) is 5.92 Å². The van der Waals surface area contributed by atoms with Crippen molar-refractivity contribution in [3.05, 3.63) is 35.9 Å². The van der Waals surface area contributed by atoms with Crippen LogP contribution in [0.2, 0.25) is 0 Å². The maximum absolute atomic E-state index is 12.5. The van der Waals surface area contributed by atoms with E-state index in [-0.39, 0.29) is 30.1 Å². The second kappa shape index (κ2) is 14.3. The summed E-state index contributed by atoms with van der Waals surface area (Å²) < 4.78 is 27.5. The second-order valence-corrected chi connectivity index (χ2v) is 10.6. The first kappa shape index (κ1) is 29.6. The van der Waals surface area contributed by atoms with Crippen LogP contribution in [0, 0.1) is 12.8 Å². The van der Waals surface area contributed by atoms with E-state index in [9.17, 15) is 9.59 Å². The Morgan fingerprint density at radius 3 is 2.58 bits per heavy atom. The molecule has 4 heterocycles. The molecule has 0 N–H and O–H groups in total. The molecule has 11 heteroatoms. The number of piperazine rings is 1. The number of carbonyl (C=O) groups excluding carboxylic acids is 2. The number of hydrogen-bond acceptors (Lipinski definition) is 10. The van der Waals surface area contributed by atoms with Gasteiger partial charge in [-0.1, -0.05) is 25.4 Å². The van der Waals surface area contributed by atoms with Crippen LogP contribution in [0.5, 0.6) is 5.88 Å². The van der Waals surface area contributed by atoms with E-state index in [4.69, 9.17) is 23.5 Å². The lowest BCUT2D eigenvalue weighted by Gasteiger charge is -2.42. The quantitative estimate of drug-likeness (QED) is 0.245. The summed E-state index contributed by atoms with van der Waals surface area (Å²) in [5, 5.41) is 3.89. The molecule has 220 valence electrons. The van der Waals surface area contributed by atoms with Crippen molar-refractivity contribution >= 4 is 17.7 Å². The molecule has 2 fully saturated rings. The van der Waals surface area contributed by atoms with Crippen LogP contribution in [0.4, 0.5) is 10.5 Å². The van der Waals surface area contributed by atoms with Crippen LogP contribution >= 0.6 is 0 Å². The van der Waals surface area contributed by atoms with Crippen molar-refractivity contribution in [2.75, 3.05) is 51.5 Å². The third kappa shape index (κ3) is 7.44. The summed E-state index contributed by atoms with van der Waals surface area (Å²) >= 11 is 0. The topological polar surface area (TPSA) is 116 Å². The van der Waals surface area contributed by atoms with Crippen LogP contribution in [-0.2, 0) is 19.0 Å². The first-order valence-electron chi connectivity index (χ1n) is 14.3. The smallest absolute Gasteiger partial charge is 0.409 e. The van der Waals surface area contributed by atoms with E-state index in [1.165, 1.54) is 7.11 Å². The Balaban J connectivity index is 1.21. The summed E-state index contributed by atoms with van der Waals surface area (Å²) in [4.78, 5) is 33.4. The number of fused-ring (bicyclic) bond motifs is 2. The molecule has 2 aromatic heterocycles. The number of unbranched alkanes of at least 4 members (excludes halogenated alkanes) is 1. The first-order valence-corrected chi connectivity index (χ1v) is 14.3. The largest absolute Gasteiger partial charge is 0.478 e. The number of aromatic nitrogens is 2. The number of pyridine rings is 1. The fourth-order valence-electron chi connectivity index (χ4n) is 5.50. The highest BCUT2D eigenvalue weighted by atomic mass is 16.6. The number of amides is 1. The molecule has 2 aliphatic rings. The Labute approximate surface area is 236 Å². The number of aryl methyl sites for hydroxylation is 1. The maximum atomic E-state index is 12.5. The van der Waals surface area contributed by atoms with Gasteiger partial charge in [0.15, 0.2) is 5.76 Å². The molecule has 4 atom stereocenters. The van der Waals surface area contributed by atoms with Crippen LogP contribution in [-0.4, -0.2) is 85.8 Å². The van der Waals surface area contributed by atoms with E-state index in [0.29, 0.717) is 63.3 Å². The van der Waals surface area contributed by atoms with Crippen molar-refractivity contribution in [1.82, 2.24) is 15.0 Å². The molecular formula is C29H42N4O7. The number of hydrogen-bond donors (Lipinski definition) is 0. The Kier molecular flexibility index (Phi) is 10.6. The summed E-state index contributed by atoms with van der Waals surface area (Å²) in [6.45, 7) is 8.94. The van der Waals surface area contributed by atoms with E-state index in [2.05, 4.69) is 22.0 Å². The lowest BCUT2D eigenvalue weighted by molar-refractivity contribution is -0.145. The minimum atomic E-state index is -0.571. The third-order valence-corrected chi connectivity index (χ3v) is 7.52. The molecule has 4 rings (SSSR count). The summed E-state index contributed by atoms with van der Waals surface area (Å²) in [7, 11) is 1.36. The average Bonchev–Trinajstić information content (AvgIpc) is 3.49. The molecule has 11 nitrogen and oxygen atoms in total. The number of nitrogens with zero attached hydrogens (tertiary/aromatic N) is 4. The number of likely N-dealkylation sites (tertiary alicyclic amines) is 1. The zero-order chi connectivity index (χ0) is 28.5. The minimum Gasteiger partial charge on any atom is -0.478 e. The standard InChI is InChI=1S/C29H42N4O7/c1-5-6-13-39-29(35)32-17-23-8-9-24(18-32)33(23)22-10-11-30-26(16-22)38-14-7-12-37-19-20(2)27(28(34)36-4)25-15-21(3)31-40-25/h10-11,15-16,20,23-24,27H,5-9,12-14,17-19H2,1-4H3/t20-,23?,24?,27?/m0/s1. The van der Waals surface area contributed by atoms with Gasteiger partial charge in [-0.25, -0.2) is 9.78 Å². The van der Waals surface area contributed by atoms with Crippen molar-refractivity contribution in [2.24, 2.45) is 5.92 Å². The van der Waals surface area contributed by atoms with Crippen molar-refractivity contribution in [2.45, 2.75) is 70.9 Å². The summed E-state index contributed by atoms with van der Waals surface area (Å²) in [5.41, 5.74) is 1.78. The molecular weight excluding hydrogens is 516 g/mol. The number of esters is 1. The normalized spacial score (nSPS) is 19.8. The molecule has 0 saturated carbocycles. The molecule has 2 bridgehead atoms. The maximum Gasteiger partial charge on any atom is 0.409 e. The highest BCUT2D eigenvalue weighted by Gasteiger charge is 2.42. The van der Waals surface area contributed by atoms with Gasteiger partial charge in [-0.15, -0.1) is 0 Å². The Hall–Kier alpha value is -3.34. The molecule has 0 spiro atoms. The van der Waals surface area contributed by atoms with E-state index in [1.807, 2.05) is 30.9 Å². The SMILES string of the molecule is CCCCOC(=O)N1CC2CCC(C1)N2c1ccnc(OCCCOC[C@H](C)C(C(=O)OC)c2cc(C)no2)c1. The fraction of sp³-hybridized carbons (Fsp3) is 0.655. The van der Waals surface area contributed by atoms with Crippen LogP contribution < -0.4 is 9.64 Å². The van der Waals surface area contributed by atoms with Gasteiger partial charge >= 0.3 is 12.1 Å². The first-order chi connectivity index (χ1) is 19.4. The summed E-state index contributed by atoms with van der Waals surface area (Å²) in [6.07, 6.45) is 6.23. The van der Waals surface area contributed by atoms with Crippen LogP contribution in [0.25, 0.3) is 0 Å². The fourth-order valence-corrected chi connectivity index (χ4v) is 5.50. The Morgan fingerprint density at radius 2 is 1.90 bits per heavy atom. The van der Waals surface area contributed by atoms with Crippen molar-refractivity contribution in [1.29, 1.82) is 0 Å². The third-order valence-electron chi connectivity index (χ3n) is 7.52. The molecule has 0 aromatic carbocycles. The van der Waals surface area contributed by atoms with Gasteiger partial charge < -0.3 is 33.3 Å². The van der Waals surface area contributed by atoms with E-state index in [0.717, 1.165) is 31.4 Å². The molecule has 1 amide bonds. The summed E-state index contributed by atoms with van der Waals surface area (Å²) in [5.74, 6) is -0.0377. The van der Waals surface area contributed by atoms with Gasteiger partial charge in [0.25, 0.3) is 0 Å². The summed E-state index contributed by atoms with van der Waals surface area (Å²) in [6, 6.07) is 6.26. The molecule has 3 unspecified atom stereocenters. The van der Waals surface area contributed by atoms with Gasteiger partial charge in [0, 0.05) is 68.1 Å². The molecule has 0 radical (unpaired) electrons. The number of anilines is 1. The molecule has 2 aliphatic heterocycles. The van der Waals surface area contributed by atoms with Gasteiger partial charge in [-0.2, -0.15) is 0 Å². The van der Waals surface area contributed by atoms with Crippen LogP contribution in [0.15, 0.2) is 28.9 Å².